The van der Waals surface area contributed by atoms with Gasteiger partial charge in [0.1, 0.15) is 0 Å². The van der Waals surface area contributed by atoms with E-state index in [0.29, 0.717) is 0 Å². The smallest absolute Gasteiger partial charge is 1.00 e. The van der Waals surface area contributed by atoms with Crippen molar-refractivity contribution in [1.82, 2.24) is 0 Å². The normalized spacial score (nSPS) is 19.0. The van der Waals surface area contributed by atoms with Gasteiger partial charge in [-0.2, -0.15) is 6.07 Å². The van der Waals surface area contributed by atoms with Gasteiger partial charge in [-0.15, -0.1) is 45.9 Å². The van der Waals surface area contributed by atoms with Gasteiger partial charge in [0.2, 0.25) is 0 Å². The van der Waals surface area contributed by atoms with Gasteiger partial charge in [0.15, 0.2) is 0 Å². The van der Waals surface area contributed by atoms with Gasteiger partial charge in [-0.1, -0.05) is 80.7 Å². The minimum atomic E-state index is -0.972. The molecule has 0 amide bonds. The summed E-state index contributed by atoms with van der Waals surface area (Å²) in [4.78, 5) is 1.63. The van der Waals surface area contributed by atoms with Crippen LogP contribution in [0.25, 0.3) is 27.1 Å². The topological polar surface area (TPSA) is 0 Å². The molecule has 1 unspecified atom stereocenters. The fraction of sp³-hybridized carbons (Fsp3) is 0.344. The van der Waals surface area contributed by atoms with E-state index in [9.17, 15) is 0 Å². The van der Waals surface area contributed by atoms with Gasteiger partial charge in [-0.05, 0) is 59.0 Å². The number of fused-ring (bicyclic) bond motifs is 1. The average molecular weight is 642 g/mol. The zero-order valence-electron chi connectivity index (χ0n) is 22.2. The molecule has 8 rings (SSSR count). The summed E-state index contributed by atoms with van der Waals surface area (Å²) in [6.45, 7) is 9.51. The minimum absolute atomic E-state index is 0. The summed E-state index contributed by atoms with van der Waals surface area (Å²) in [6.07, 6.45) is 6.97. The molecule has 5 heteroatoms. The third kappa shape index (κ3) is 5.33. The fourth-order valence-corrected chi connectivity index (χ4v) is 13.3. The quantitative estimate of drug-likeness (QED) is 0.230. The standard InChI is InChI=1S/C22H23.C10H12SSi.2ClH.Zr/c1-16-14-20-8-5-9-21(22(20)15-16)19-12-10-18(11-13-19)17-6-3-2-4-7-17;1-6-9-7-4-5-11-8(7)10(6)12(9,2)3;;;/h5,8-15,17H,2-4,6-7H2,1H3;4-5,9H,1-3H3;2*1H;/q-1;;;;+3/p-2. The van der Waals surface area contributed by atoms with Crippen LogP contribution >= 0.6 is 11.3 Å². The third-order valence-corrected chi connectivity index (χ3v) is 13.9. The van der Waals surface area contributed by atoms with Gasteiger partial charge >= 0.3 is 26.2 Å². The first-order valence-electron chi connectivity index (χ1n) is 13.0. The van der Waals surface area contributed by atoms with Gasteiger partial charge in [0.05, 0.1) is 8.07 Å². The van der Waals surface area contributed by atoms with E-state index in [1.807, 2.05) is 11.3 Å². The number of hydrogen-bond acceptors (Lipinski definition) is 1. The summed E-state index contributed by atoms with van der Waals surface area (Å²) in [7, 11) is -0.972. The van der Waals surface area contributed by atoms with Gasteiger partial charge in [-0.3, -0.25) is 0 Å². The van der Waals surface area contributed by atoms with E-state index in [4.69, 9.17) is 0 Å². The van der Waals surface area contributed by atoms with Crippen molar-refractivity contribution >= 4 is 35.4 Å². The number of benzene rings is 2. The first-order chi connectivity index (χ1) is 16.4. The molecule has 191 valence electrons. The van der Waals surface area contributed by atoms with E-state index >= 15 is 0 Å². The molecule has 0 saturated heterocycles. The van der Waals surface area contributed by atoms with E-state index in [0.717, 1.165) is 11.5 Å². The molecule has 1 saturated carbocycles. The van der Waals surface area contributed by atoms with Crippen LogP contribution in [0.15, 0.2) is 71.6 Å². The fourth-order valence-electron chi connectivity index (χ4n) is 7.11. The number of aryl methyl sites for hydroxylation is 1. The van der Waals surface area contributed by atoms with Gasteiger partial charge in [0.25, 0.3) is 0 Å². The SMILES string of the molecule is CC1=C2c3sccc3C1[Si]2(C)C.Cc1cc2c(-c3ccc(C4CCCCC4)cc3)cccc2[cH-]1.[Cl-].[Cl-].[Zr+3]. The van der Waals surface area contributed by atoms with Crippen LogP contribution in [0.5, 0.6) is 0 Å². The van der Waals surface area contributed by atoms with Crippen molar-refractivity contribution in [2.24, 2.45) is 0 Å². The Kier molecular flexibility index (Phi) is 10.1. The van der Waals surface area contributed by atoms with Crippen LogP contribution in [0, 0.1) is 6.92 Å². The molecule has 0 N–H and O–H groups in total. The molecule has 1 fully saturated rings. The molecule has 4 aliphatic rings. The monoisotopic (exact) mass is 639 g/mol. The van der Waals surface area contributed by atoms with Crippen molar-refractivity contribution < 1.29 is 51.0 Å². The van der Waals surface area contributed by atoms with Crippen LogP contribution in [0.2, 0.25) is 13.1 Å². The van der Waals surface area contributed by atoms with E-state index in [1.54, 1.807) is 21.2 Å². The predicted molar refractivity (Wildman–Crippen MR) is 153 cm³/mol. The summed E-state index contributed by atoms with van der Waals surface area (Å²) >= 11 is 1.94. The number of halogens is 2. The van der Waals surface area contributed by atoms with Crippen molar-refractivity contribution in [2.45, 2.75) is 70.5 Å². The van der Waals surface area contributed by atoms with Crippen LogP contribution < -0.4 is 24.8 Å². The molecule has 2 aliphatic heterocycles. The molecule has 4 aromatic rings. The first kappa shape index (κ1) is 30.7. The van der Waals surface area contributed by atoms with Crippen LogP contribution in [0.3, 0.4) is 0 Å². The van der Waals surface area contributed by atoms with Crippen molar-refractivity contribution in [1.29, 1.82) is 0 Å². The second-order valence-electron chi connectivity index (χ2n) is 11.2. The number of thiophene rings is 1. The maximum atomic E-state index is 2.51. The third-order valence-electron chi connectivity index (χ3n) is 8.62. The summed E-state index contributed by atoms with van der Waals surface area (Å²) in [6, 6.07) is 22.9. The first-order valence-corrected chi connectivity index (χ1v) is 17.0. The average Bonchev–Trinajstić information content (AvgIpc) is 3.56. The number of rotatable bonds is 2. The Morgan fingerprint density at radius 1 is 0.892 bits per heavy atom. The zero-order valence-corrected chi connectivity index (χ0v) is 28.0. The molecule has 2 bridgehead atoms. The molecule has 37 heavy (non-hydrogen) atoms. The Hall–Kier alpha value is -0.830. The van der Waals surface area contributed by atoms with Gasteiger partial charge in [0, 0.05) is 10.4 Å². The van der Waals surface area contributed by atoms with E-state index in [-0.39, 0.29) is 51.0 Å². The van der Waals surface area contributed by atoms with Crippen LogP contribution in [0.4, 0.5) is 0 Å². The maximum Gasteiger partial charge on any atom is 3.00 e. The Morgan fingerprint density at radius 3 is 2.24 bits per heavy atom. The second kappa shape index (κ2) is 12.1. The van der Waals surface area contributed by atoms with Crippen LogP contribution in [-0.4, -0.2) is 8.07 Å². The van der Waals surface area contributed by atoms with Crippen LogP contribution in [-0.2, 0) is 26.2 Å². The Balaban J connectivity index is 0.000000217. The molecular weight excluding hydrogens is 607 g/mol. The van der Waals surface area contributed by atoms with E-state index in [2.05, 4.69) is 93.0 Å². The number of allylic oxidation sites excluding steroid dienone is 1. The largest absolute Gasteiger partial charge is 3.00 e. The Morgan fingerprint density at radius 2 is 1.59 bits per heavy atom. The summed E-state index contributed by atoms with van der Waals surface area (Å²) < 4.78 is 0. The molecule has 1 aromatic heterocycles. The number of hydrogen-bond donors (Lipinski definition) is 0. The Bertz CT molecular complexity index is 1390. The van der Waals surface area contributed by atoms with Crippen LogP contribution in [0.1, 0.15) is 72.1 Å². The molecule has 3 aromatic carbocycles. The maximum absolute atomic E-state index is 2.51. The zero-order chi connectivity index (χ0) is 23.4. The molecule has 0 nitrogen and oxygen atoms in total. The van der Waals surface area contributed by atoms with Gasteiger partial charge < -0.3 is 24.8 Å². The van der Waals surface area contributed by atoms with Crippen molar-refractivity contribution in [3.8, 4) is 11.1 Å². The molecule has 2 aliphatic carbocycles. The minimum Gasteiger partial charge on any atom is -1.00 e. The molecule has 0 spiro atoms. The summed E-state index contributed by atoms with van der Waals surface area (Å²) in [5.41, 5.74) is 9.82. The van der Waals surface area contributed by atoms with E-state index in [1.165, 1.54) is 65.1 Å². The van der Waals surface area contributed by atoms with Crippen molar-refractivity contribution in [2.75, 3.05) is 0 Å². The van der Waals surface area contributed by atoms with Crippen molar-refractivity contribution in [3.05, 3.63) is 93.2 Å². The molecule has 3 heterocycles. The molecule has 1 atom stereocenters. The van der Waals surface area contributed by atoms with E-state index < -0.39 is 8.07 Å². The second-order valence-corrected chi connectivity index (χ2v) is 16.7. The molecule has 1 radical (unpaired) electrons. The predicted octanol–water partition coefficient (Wildman–Crippen LogP) is 4.01. The van der Waals surface area contributed by atoms with Crippen molar-refractivity contribution in [3.63, 3.8) is 0 Å². The Labute approximate surface area is 259 Å². The summed E-state index contributed by atoms with van der Waals surface area (Å²) in [5, 5.41) is 6.75. The molecular formula is C32H35Cl2SSiZr. The van der Waals surface area contributed by atoms with Gasteiger partial charge in [-0.25, -0.2) is 0 Å². The summed E-state index contributed by atoms with van der Waals surface area (Å²) in [5.74, 6) is 0.791.